The molecule has 0 radical (unpaired) electrons. The van der Waals surface area contributed by atoms with Gasteiger partial charge in [-0.2, -0.15) is 0 Å². The van der Waals surface area contributed by atoms with Crippen LogP contribution in [0.1, 0.15) is 16.1 Å². The summed E-state index contributed by atoms with van der Waals surface area (Å²) in [7, 11) is 1.54. The van der Waals surface area contributed by atoms with Crippen molar-refractivity contribution in [3.8, 4) is 5.75 Å². The molecule has 0 saturated carbocycles. The lowest BCUT2D eigenvalue weighted by atomic mass is 10.1. The maximum atomic E-state index is 12.2. The zero-order valence-corrected chi connectivity index (χ0v) is 12.0. The standard InChI is InChI=1S/C18H14O4/c1-21-13-7-8-15-17(20)10-14(22-18(15)11-13)9-16(19)12-5-3-2-4-6-12/h2-8,10-11H,9H2,1H3. The minimum atomic E-state index is -0.167. The lowest BCUT2D eigenvalue weighted by Crippen LogP contribution is -2.07. The van der Waals surface area contributed by atoms with Gasteiger partial charge in [-0.3, -0.25) is 9.59 Å². The van der Waals surface area contributed by atoms with Crippen molar-refractivity contribution in [1.82, 2.24) is 0 Å². The van der Waals surface area contributed by atoms with Gasteiger partial charge >= 0.3 is 0 Å². The number of ether oxygens (including phenoxy) is 1. The fourth-order valence-electron chi connectivity index (χ4n) is 2.28. The summed E-state index contributed by atoms with van der Waals surface area (Å²) < 4.78 is 10.8. The van der Waals surface area contributed by atoms with E-state index in [-0.39, 0.29) is 17.6 Å². The second-order valence-electron chi connectivity index (χ2n) is 4.91. The Morgan fingerprint density at radius 3 is 2.59 bits per heavy atom. The molecule has 1 aromatic heterocycles. The van der Waals surface area contributed by atoms with Gasteiger partial charge in [0, 0.05) is 17.7 Å². The maximum Gasteiger partial charge on any atom is 0.192 e. The minimum absolute atomic E-state index is 0.0480. The average molecular weight is 294 g/mol. The Labute approximate surface area is 127 Å². The van der Waals surface area contributed by atoms with Gasteiger partial charge in [-0.1, -0.05) is 30.3 Å². The SMILES string of the molecule is COc1ccc2c(=O)cc(CC(=O)c3ccccc3)oc2c1. The lowest BCUT2D eigenvalue weighted by molar-refractivity contribution is 0.0987. The highest BCUT2D eigenvalue weighted by Gasteiger charge is 2.11. The fraction of sp³-hybridized carbons (Fsp3) is 0.111. The first-order valence-electron chi connectivity index (χ1n) is 6.86. The van der Waals surface area contributed by atoms with Crippen molar-refractivity contribution in [3.05, 3.63) is 76.1 Å². The van der Waals surface area contributed by atoms with E-state index in [9.17, 15) is 9.59 Å². The van der Waals surface area contributed by atoms with E-state index in [0.717, 1.165) is 0 Å². The van der Waals surface area contributed by atoms with Crippen LogP contribution in [0.15, 0.2) is 63.8 Å². The normalized spacial score (nSPS) is 10.6. The first-order chi connectivity index (χ1) is 10.7. The van der Waals surface area contributed by atoms with Crippen LogP contribution >= 0.6 is 0 Å². The number of methoxy groups -OCH3 is 1. The molecule has 22 heavy (non-hydrogen) atoms. The van der Waals surface area contributed by atoms with Crippen LogP contribution in [-0.2, 0) is 6.42 Å². The van der Waals surface area contributed by atoms with E-state index in [1.54, 1.807) is 49.6 Å². The number of carbonyl (C=O) groups is 1. The monoisotopic (exact) mass is 294 g/mol. The largest absolute Gasteiger partial charge is 0.497 e. The van der Waals surface area contributed by atoms with Crippen molar-refractivity contribution in [2.45, 2.75) is 6.42 Å². The summed E-state index contributed by atoms with van der Waals surface area (Å²) in [5.74, 6) is 0.854. The summed E-state index contributed by atoms with van der Waals surface area (Å²) in [6.07, 6.45) is 0.0480. The quantitative estimate of drug-likeness (QED) is 0.693. The van der Waals surface area contributed by atoms with Gasteiger partial charge in [0.1, 0.15) is 17.1 Å². The van der Waals surface area contributed by atoms with Crippen LogP contribution in [-0.4, -0.2) is 12.9 Å². The topological polar surface area (TPSA) is 56.5 Å². The first-order valence-corrected chi connectivity index (χ1v) is 6.86. The van der Waals surface area contributed by atoms with Crippen LogP contribution in [0.3, 0.4) is 0 Å². The predicted octanol–water partition coefficient (Wildman–Crippen LogP) is 3.23. The third kappa shape index (κ3) is 2.76. The smallest absolute Gasteiger partial charge is 0.192 e. The van der Waals surface area contributed by atoms with Crippen LogP contribution in [0.25, 0.3) is 11.0 Å². The first kappa shape index (κ1) is 14.1. The average Bonchev–Trinajstić information content (AvgIpc) is 2.55. The molecule has 1 heterocycles. The summed E-state index contributed by atoms with van der Waals surface area (Å²) in [5.41, 5.74) is 0.846. The highest BCUT2D eigenvalue weighted by atomic mass is 16.5. The van der Waals surface area contributed by atoms with Crippen molar-refractivity contribution in [1.29, 1.82) is 0 Å². The number of carbonyl (C=O) groups excluding carboxylic acids is 1. The van der Waals surface area contributed by atoms with Gasteiger partial charge < -0.3 is 9.15 Å². The Morgan fingerprint density at radius 2 is 1.86 bits per heavy atom. The zero-order chi connectivity index (χ0) is 15.5. The Kier molecular flexibility index (Phi) is 3.74. The molecule has 3 rings (SSSR count). The number of hydrogen-bond donors (Lipinski definition) is 0. The molecule has 3 aromatic rings. The van der Waals surface area contributed by atoms with Crippen LogP contribution in [0.5, 0.6) is 5.75 Å². The third-order valence-corrected chi connectivity index (χ3v) is 3.42. The molecule has 0 fully saturated rings. The molecular weight excluding hydrogens is 280 g/mol. The lowest BCUT2D eigenvalue weighted by Gasteiger charge is -2.05. The Balaban J connectivity index is 1.97. The molecule has 0 bridgehead atoms. The second-order valence-corrected chi connectivity index (χ2v) is 4.91. The van der Waals surface area contributed by atoms with Crippen LogP contribution in [0.4, 0.5) is 0 Å². The molecule has 110 valence electrons. The molecule has 0 aliphatic rings. The number of fused-ring (bicyclic) bond motifs is 1. The maximum absolute atomic E-state index is 12.2. The third-order valence-electron chi connectivity index (χ3n) is 3.42. The highest BCUT2D eigenvalue weighted by molar-refractivity contribution is 5.97. The Hall–Kier alpha value is -2.88. The van der Waals surface area contributed by atoms with Gasteiger partial charge in [0.15, 0.2) is 11.2 Å². The van der Waals surface area contributed by atoms with Crippen molar-refractivity contribution in [2.75, 3.05) is 7.11 Å². The number of ketones is 1. The molecule has 0 aliphatic carbocycles. The van der Waals surface area contributed by atoms with E-state index in [1.807, 2.05) is 6.07 Å². The van der Waals surface area contributed by atoms with Gasteiger partial charge in [-0.05, 0) is 12.1 Å². The van der Waals surface area contributed by atoms with Crippen molar-refractivity contribution in [2.24, 2.45) is 0 Å². The number of rotatable bonds is 4. The molecule has 0 amide bonds. The van der Waals surface area contributed by atoms with E-state index in [4.69, 9.17) is 9.15 Å². The Bertz CT molecular complexity index is 878. The molecular formula is C18H14O4. The van der Waals surface area contributed by atoms with E-state index >= 15 is 0 Å². The molecule has 4 nitrogen and oxygen atoms in total. The van der Waals surface area contributed by atoms with E-state index in [2.05, 4.69) is 0 Å². The van der Waals surface area contributed by atoms with E-state index in [0.29, 0.717) is 28.0 Å². The number of Topliss-reactive ketones (excluding diaryl/α,β-unsaturated/α-hetero) is 1. The van der Waals surface area contributed by atoms with Gasteiger partial charge in [-0.15, -0.1) is 0 Å². The summed E-state index contributed by atoms with van der Waals surface area (Å²) in [5, 5.41) is 0.469. The summed E-state index contributed by atoms with van der Waals surface area (Å²) in [4.78, 5) is 24.3. The van der Waals surface area contributed by atoms with Crippen LogP contribution in [0, 0.1) is 0 Å². The van der Waals surface area contributed by atoms with Gasteiger partial charge in [0.05, 0.1) is 18.9 Å². The van der Waals surface area contributed by atoms with Crippen molar-refractivity contribution >= 4 is 16.8 Å². The molecule has 0 unspecified atom stereocenters. The molecule has 0 spiro atoms. The van der Waals surface area contributed by atoms with E-state index in [1.165, 1.54) is 6.07 Å². The van der Waals surface area contributed by atoms with Gasteiger partial charge in [0.25, 0.3) is 0 Å². The molecule has 2 aromatic carbocycles. The zero-order valence-electron chi connectivity index (χ0n) is 12.0. The van der Waals surface area contributed by atoms with E-state index < -0.39 is 0 Å². The molecule has 4 heteroatoms. The predicted molar refractivity (Wildman–Crippen MR) is 83.5 cm³/mol. The second kappa shape index (κ2) is 5.85. The molecule has 0 saturated heterocycles. The van der Waals surface area contributed by atoms with Crippen LogP contribution < -0.4 is 10.2 Å². The molecule has 0 aliphatic heterocycles. The summed E-state index contributed by atoms with van der Waals surface area (Å²) >= 11 is 0. The minimum Gasteiger partial charge on any atom is -0.497 e. The molecule has 0 N–H and O–H groups in total. The Morgan fingerprint density at radius 1 is 1.09 bits per heavy atom. The fourth-order valence-corrected chi connectivity index (χ4v) is 2.28. The number of hydrogen-bond acceptors (Lipinski definition) is 4. The number of benzene rings is 2. The van der Waals surface area contributed by atoms with Crippen molar-refractivity contribution in [3.63, 3.8) is 0 Å². The van der Waals surface area contributed by atoms with Gasteiger partial charge in [0.2, 0.25) is 0 Å². The summed E-state index contributed by atoms with van der Waals surface area (Å²) in [6, 6.07) is 15.3. The highest BCUT2D eigenvalue weighted by Crippen LogP contribution is 2.20. The summed E-state index contributed by atoms with van der Waals surface area (Å²) in [6.45, 7) is 0. The van der Waals surface area contributed by atoms with Gasteiger partial charge in [-0.25, -0.2) is 0 Å². The van der Waals surface area contributed by atoms with Crippen LogP contribution in [0.2, 0.25) is 0 Å². The molecule has 0 atom stereocenters. The van der Waals surface area contributed by atoms with Crippen molar-refractivity contribution < 1.29 is 13.9 Å².